The summed E-state index contributed by atoms with van der Waals surface area (Å²) in [7, 11) is 0. The van der Waals surface area contributed by atoms with Gasteiger partial charge in [0, 0.05) is 18.7 Å². The average Bonchev–Trinajstić information content (AvgIpc) is 3.21. The third-order valence-corrected chi connectivity index (χ3v) is 4.43. The Morgan fingerprint density at radius 3 is 2.15 bits per heavy atom. The number of hydrogen-bond acceptors (Lipinski definition) is 4. The number of carbonyl (C=O) groups is 2. The summed E-state index contributed by atoms with van der Waals surface area (Å²) in [6.07, 6.45) is 1.10. The topological polar surface area (TPSA) is 55.8 Å². The number of nitrogens with zero attached hydrogens (tertiary/aromatic N) is 1. The molecule has 0 aliphatic carbocycles. The Bertz CT molecular complexity index is 765. The summed E-state index contributed by atoms with van der Waals surface area (Å²) in [4.78, 5) is 27.3. The second kappa shape index (κ2) is 8.71. The number of rotatable bonds is 6. The highest BCUT2D eigenvalue weighted by Crippen LogP contribution is 2.24. The van der Waals surface area contributed by atoms with Gasteiger partial charge in [-0.2, -0.15) is 0 Å². The number of ether oxygens (including phenoxy) is 2. The van der Waals surface area contributed by atoms with Gasteiger partial charge in [-0.05, 0) is 51.0 Å². The molecule has 27 heavy (non-hydrogen) atoms. The van der Waals surface area contributed by atoms with E-state index < -0.39 is 12.1 Å². The first-order chi connectivity index (χ1) is 13.0. The van der Waals surface area contributed by atoms with E-state index >= 15 is 0 Å². The van der Waals surface area contributed by atoms with E-state index in [2.05, 4.69) is 0 Å². The van der Waals surface area contributed by atoms with Crippen LogP contribution in [0.15, 0.2) is 54.6 Å². The molecular formula is C22H25NO4. The summed E-state index contributed by atoms with van der Waals surface area (Å²) in [6.45, 7) is 5.30. The van der Waals surface area contributed by atoms with E-state index in [1.54, 1.807) is 29.2 Å². The van der Waals surface area contributed by atoms with Crippen LogP contribution in [0.3, 0.4) is 0 Å². The van der Waals surface area contributed by atoms with Gasteiger partial charge in [-0.15, -0.1) is 0 Å². The molecule has 2 aromatic rings. The minimum absolute atomic E-state index is 0.0587. The van der Waals surface area contributed by atoms with Gasteiger partial charge in [0.15, 0.2) is 0 Å². The van der Waals surface area contributed by atoms with Crippen molar-refractivity contribution in [3.8, 4) is 5.75 Å². The van der Waals surface area contributed by atoms with E-state index in [-0.39, 0.29) is 12.0 Å². The second-order valence-corrected chi connectivity index (χ2v) is 6.92. The lowest BCUT2D eigenvalue weighted by Crippen LogP contribution is -2.34. The van der Waals surface area contributed by atoms with Gasteiger partial charge in [-0.25, -0.2) is 4.79 Å². The third kappa shape index (κ3) is 4.88. The van der Waals surface area contributed by atoms with E-state index in [4.69, 9.17) is 9.47 Å². The molecule has 1 aliphatic rings. The van der Waals surface area contributed by atoms with Crippen LogP contribution in [-0.4, -0.2) is 36.0 Å². The fourth-order valence-electron chi connectivity index (χ4n) is 3.11. The summed E-state index contributed by atoms with van der Waals surface area (Å²) in [6, 6.07) is 15.9. The van der Waals surface area contributed by atoms with Crippen LogP contribution in [0, 0.1) is 0 Å². The van der Waals surface area contributed by atoms with Crippen molar-refractivity contribution < 1.29 is 19.1 Å². The molecule has 5 heteroatoms. The van der Waals surface area contributed by atoms with Crippen LogP contribution >= 0.6 is 0 Å². The van der Waals surface area contributed by atoms with Crippen LogP contribution in [0.1, 0.15) is 48.7 Å². The maximum absolute atomic E-state index is 12.9. The maximum Gasteiger partial charge on any atom is 0.339 e. The molecule has 2 aromatic carbocycles. The molecule has 1 saturated heterocycles. The van der Waals surface area contributed by atoms with Crippen LogP contribution in [0.2, 0.25) is 0 Å². The Kier molecular flexibility index (Phi) is 6.12. The van der Waals surface area contributed by atoms with E-state index in [1.807, 2.05) is 44.2 Å². The molecule has 0 saturated carbocycles. The maximum atomic E-state index is 12.9. The second-order valence-electron chi connectivity index (χ2n) is 6.92. The standard InChI is InChI=1S/C22H25NO4/c1-16(2)26-19-12-10-18(11-13-19)22(25)27-20(17-8-4-3-5-9-17)21(24)23-14-6-7-15-23/h3-5,8-13,16,20H,6-7,14-15H2,1-2H3/t20-/m0/s1. The molecule has 0 radical (unpaired) electrons. The lowest BCUT2D eigenvalue weighted by molar-refractivity contribution is -0.140. The van der Waals surface area contributed by atoms with E-state index in [0.29, 0.717) is 30.0 Å². The zero-order valence-electron chi connectivity index (χ0n) is 15.8. The van der Waals surface area contributed by atoms with Gasteiger partial charge in [0.2, 0.25) is 6.10 Å². The minimum atomic E-state index is -0.927. The van der Waals surface area contributed by atoms with E-state index in [1.165, 1.54) is 0 Å². The zero-order chi connectivity index (χ0) is 19.2. The molecule has 1 amide bonds. The monoisotopic (exact) mass is 367 g/mol. The number of esters is 1. The zero-order valence-corrected chi connectivity index (χ0v) is 15.8. The van der Waals surface area contributed by atoms with Crippen molar-refractivity contribution in [2.45, 2.75) is 38.9 Å². The minimum Gasteiger partial charge on any atom is -0.491 e. The summed E-state index contributed by atoms with van der Waals surface area (Å²) in [5.74, 6) is 0.00797. The van der Waals surface area contributed by atoms with Gasteiger partial charge in [0.25, 0.3) is 5.91 Å². The molecule has 3 rings (SSSR count). The molecule has 0 bridgehead atoms. The van der Waals surface area contributed by atoms with E-state index in [0.717, 1.165) is 12.8 Å². The van der Waals surface area contributed by atoms with Gasteiger partial charge in [-0.1, -0.05) is 30.3 Å². The fraction of sp³-hybridized carbons (Fsp3) is 0.364. The Hall–Kier alpha value is -2.82. The van der Waals surface area contributed by atoms with Gasteiger partial charge >= 0.3 is 5.97 Å². The first kappa shape index (κ1) is 19.0. The highest BCUT2D eigenvalue weighted by Gasteiger charge is 2.31. The highest BCUT2D eigenvalue weighted by atomic mass is 16.5. The van der Waals surface area contributed by atoms with Crippen molar-refractivity contribution in [1.82, 2.24) is 4.90 Å². The molecule has 1 heterocycles. The Morgan fingerprint density at radius 1 is 0.926 bits per heavy atom. The highest BCUT2D eigenvalue weighted by molar-refractivity contribution is 5.92. The first-order valence-electron chi connectivity index (χ1n) is 9.36. The van der Waals surface area contributed by atoms with E-state index in [9.17, 15) is 9.59 Å². The Morgan fingerprint density at radius 2 is 1.56 bits per heavy atom. The Balaban J connectivity index is 1.77. The van der Waals surface area contributed by atoms with Crippen LogP contribution in [-0.2, 0) is 9.53 Å². The summed E-state index contributed by atoms with van der Waals surface area (Å²) < 4.78 is 11.2. The molecular weight excluding hydrogens is 342 g/mol. The van der Waals surface area contributed by atoms with Crippen LogP contribution in [0.4, 0.5) is 0 Å². The Labute approximate surface area is 159 Å². The molecule has 1 aliphatic heterocycles. The third-order valence-electron chi connectivity index (χ3n) is 4.43. The van der Waals surface area contributed by atoms with Crippen molar-refractivity contribution in [2.24, 2.45) is 0 Å². The lowest BCUT2D eigenvalue weighted by atomic mass is 10.1. The molecule has 0 aromatic heterocycles. The van der Waals surface area contributed by atoms with Gasteiger partial charge in [-0.3, -0.25) is 4.79 Å². The van der Waals surface area contributed by atoms with Crippen LogP contribution in [0.25, 0.3) is 0 Å². The van der Waals surface area contributed by atoms with Crippen molar-refractivity contribution in [1.29, 1.82) is 0 Å². The molecule has 0 spiro atoms. The van der Waals surface area contributed by atoms with Crippen molar-refractivity contribution >= 4 is 11.9 Å². The van der Waals surface area contributed by atoms with Gasteiger partial charge in [0.1, 0.15) is 5.75 Å². The molecule has 0 unspecified atom stereocenters. The predicted octanol–water partition coefficient (Wildman–Crippen LogP) is 3.99. The summed E-state index contributed by atoms with van der Waals surface area (Å²) >= 11 is 0. The van der Waals surface area contributed by atoms with Gasteiger partial charge in [0.05, 0.1) is 11.7 Å². The van der Waals surface area contributed by atoms with Crippen molar-refractivity contribution in [3.63, 3.8) is 0 Å². The predicted molar refractivity (Wildman–Crippen MR) is 103 cm³/mol. The summed E-state index contributed by atoms with van der Waals surface area (Å²) in [5, 5.41) is 0. The number of benzene rings is 2. The lowest BCUT2D eigenvalue weighted by Gasteiger charge is -2.23. The molecule has 5 nitrogen and oxygen atoms in total. The normalized spacial score (nSPS) is 14.9. The number of hydrogen-bond donors (Lipinski definition) is 0. The number of carbonyl (C=O) groups excluding carboxylic acids is 2. The van der Waals surface area contributed by atoms with Crippen molar-refractivity contribution in [2.75, 3.05) is 13.1 Å². The smallest absolute Gasteiger partial charge is 0.339 e. The average molecular weight is 367 g/mol. The van der Waals surface area contributed by atoms with Crippen LogP contribution in [0.5, 0.6) is 5.75 Å². The van der Waals surface area contributed by atoms with Crippen LogP contribution < -0.4 is 4.74 Å². The fourth-order valence-corrected chi connectivity index (χ4v) is 3.11. The number of amides is 1. The number of likely N-dealkylation sites (tertiary alicyclic amines) is 1. The molecule has 1 atom stereocenters. The van der Waals surface area contributed by atoms with Crippen molar-refractivity contribution in [3.05, 3.63) is 65.7 Å². The summed E-state index contributed by atoms with van der Waals surface area (Å²) in [5.41, 5.74) is 1.07. The molecule has 142 valence electrons. The first-order valence-corrected chi connectivity index (χ1v) is 9.36. The quantitative estimate of drug-likeness (QED) is 0.725. The van der Waals surface area contributed by atoms with Gasteiger partial charge < -0.3 is 14.4 Å². The SMILES string of the molecule is CC(C)Oc1ccc(C(=O)O[C@H](C(=O)N2CCCC2)c2ccccc2)cc1. The largest absolute Gasteiger partial charge is 0.491 e. The molecule has 0 N–H and O–H groups in total. The molecule has 1 fully saturated rings.